The molecule has 0 aliphatic carbocycles. The van der Waals surface area contributed by atoms with Gasteiger partial charge in [0.2, 0.25) is 0 Å². The van der Waals surface area contributed by atoms with Crippen LogP contribution >= 0.6 is 11.8 Å². The summed E-state index contributed by atoms with van der Waals surface area (Å²) in [6.07, 6.45) is 2.07. The minimum atomic E-state index is 0.475. The van der Waals surface area contributed by atoms with Gasteiger partial charge in [-0.15, -0.1) is 0 Å². The number of para-hydroxylation sites is 1. The fourth-order valence-corrected chi connectivity index (χ4v) is 3.10. The van der Waals surface area contributed by atoms with Crippen LogP contribution in [0.1, 0.15) is 56.2 Å². The van der Waals surface area contributed by atoms with Gasteiger partial charge in [-0.1, -0.05) is 88.0 Å². The molecule has 0 saturated heterocycles. The summed E-state index contributed by atoms with van der Waals surface area (Å²) >= 11 is 1.66. The van der Waals surface area contributed by atoms with E-state index in [2.05, 4.69) is 81.7 Å². The van der Waals surface area contributed by atoms with Crippen LogP contribution < -0.4 is 5.32 Å². The molecule has 0 spiro atoms. The Bertz CT molecular complexity index is 649. The van der Waals surface area contributed by atoms with Crippen LogP contribution in [0.25, 0.3) is 0 Å². The third-order valence-electron chi connectivity index (χ3n) is 4.05. The maximum atomic E-state index is 4.78. The number of hydrogen-bond acceptors (Lipinski definition) is 2. The van der Waals surface area contributed by atoms with Gasteiger partial charge in [0.15, 0.2) is 5.17 Å². The number of benzene rings is 2. The smallest absolute Gasteiger partial charge is 0.161 e. The van der Waals surface area contributed by atoms with Crippen molar-refractivity contribution < 1.29 is 0 Å². The number of aliphatic imine (C=N–C) groups is 1. The maximum Gasteiger partial charge on any atom is 0.161 e. The molecule has 0 heterocycles. The third-order valence-corrected chi connectivity index (χ3v) is 4.66. The van der Waals surface area contributed by atoms with Crippen LogP contribution in [-0.2, 0) is 6.54 Å². The average molecular weight is 341 g/mol. The third kappa shape index (κ3) is 4.88. The van der Waals surface area contributed by atoms with E-state index in [1.54, 1.807) is 11.8 Å². The van der Waals surface area contributed by atoms with Crippen LogP contribution in [-0.4, -0.2) is 11.4 Å². The Morgan fingerprint density at radius 1 is 0.917 bits per heavy atom. The molecule has 128 valence electrons. The van der Waals surface area contributed by atoms with Crippen LogP contribution in [0.2, 0.25) is 0 Å². The van der Waals surface area contributed by atoms with E-state index in [1.807, 2.05) is 6.07 Å². The lowest BCUT2D eigenvalue weighted by Gasteiger charge is -2.21. The largest absolute Gasteiger partial charge is 0.335 e. The number of nitrogens with one attached hydrogen (secondary N) is 1. The first-order valence-electron chi connectivity index (χ1n) is 8.55. The summed E-state index contributed by atoms with van der Waals surface area (Å²) in [4.78, 5) is 4.78. The van der Waals surface area contributed by atoms with Crippen molar-refractivity contribution in [1.29, 1.82) is 0 Å². The number of nitrogens with zero attached hydrogens (tertiary/aromatic N) is 1. The maximum absolute atomic E-state index is 4.78. The van der Waals surface area contributed by atoms with E-state index in [-0.39, 0.29) is 0 Å². The summed E-state index contributed by atoms with van der Waals surface area (Å²) in [5.74, 6) is 0.951. The van der Waals surface area contributed by atoms with Crippen molar-refractivity contribution in [2.24, 2.45) is 4.99 Å². The number of amidine groups is 1. The summed E-state index contributed by atoms with van der Waals surface area (Å²) in [7, 11) is 0. The Morgan fingerprint density at radius 2 is 1.50 bits per heavy atom. The van der Waals surface area contributed by atoms with Gasteiger partial charge < -0.3 is 5.32 Å². The second-order valence-electron chi connectivity index (χ2n) is 6.56. The van der Waals surface area contributed by atoms with Gasteiger partial charge in [-0.25, -0.2) is 0 Å². The normalized spacial score (nSPS) is 12.0. The molecule has 1 N–H and O–H groups in total. The molecular weight excluding hydrogens is 312 g/mol. The van der Waals surface area contributed by atoms with Gasteiger partial charge in [-0.05, 0) is 34.8 Å². The highest BCUT2D eigenvalue weighted by Gasteiger charge is 2.14. The van der Waals surface area contributed by atoms with Crippen LogP contribution in [0, 0.1) is 0 Å². The van der Waals surface area contributed by atoms with E-state index in [1.165, 1.54) is 22.4 Å². The van der Waals surface area contributed by atoms with Crippen molar-refractivity contribution in [3.8, 4) is 0 Å². The highest BCUT2D eigenvalue weighted by molar-refractivity contribution is 8.13. The molecule has 0 fully saturated rings. The van der Waals surface area contributed by atoms with Gasteiger partial charge in [-0.3, -0.25) is 4.99 Å². The second kappa shape index (κ2) is 8.93. The SMILES string of the molecule is CSC(=NCc1ccccc1)Nc1c(C(C)C)cccc1C(C)C. The Labute approximate surface area is 150 Å². The molecule has 2 nitrogen and oxygen atoms in total. The lowest BCUT2D eigenvalue weighted by molar-refractivity contribution is 0.839. The van der Waals surface area contributed by atoms with Crippen LogP contribution in [0.5, 0.6) is 0 Å². The lowest BCUT2D eigenvalue weighted by atomic mass is 9.93. The molecule has 2 aromatic rings. The zero-order valence-corrected chi connectivity index (χ0v) is 16.2. The molecule has 0 atom stereocenters. The first-order valence-corrected chi connectivity index (χ1v) is 9.77. The van der Waals surface area contributed by atoms with Crippen LogP contribution in [0.15, 0.2) is 53.5 Å². The molecule has 2 aromatic carbocycles. The zero-order chi connectivity index (χ0) is 17.5. The summed E-state index contributed by atoms with van der Waals surface area (Å²) in [6, 6.07) is 17.0. The van der Waals surface area contributed by atoms with Crippen molar-refractivity contribution in [3.05, 3.63) is 65.2 Å². The summed E-state index contributed by atoms with van der Waals surface area (Å²) in [5.41, 5.74) is 5.15. The Balaban J connectivity index is 2.30. The highest BCUT2D eigenvalue weighted by Crippen LogP contribution is 2.33. The molecule has 24 heavy (non-hydrogen) atoms. The van der Waals surface area contributed by atoms with Gasteiger partial charge >= 0.3 is 0 Å². The summed E-state index contributed by atoms with van der Waals surface area (Å²) in [5, 5.41) is 4.58. The van der Waals surface area contributed by atoms with Crippen molar-refractivity contribution in [1.82, 2.24) is 0 Å². The monoisotopic (exact) mass is 340 g/mol. The van der Waals surface area contributed by atoms with Crippen molar-refractivity contribution in [2.45, 2.75) is 46.1 Å². The molecule has 0 aromatic heterocycles. The van der Waals surface area contributed by atoms with E-state index in [4.69, 9.17) is 4.99 Å². The molecule has 0 amide bonds. The van der Waals surface area contributed by atoms with Crippen molar-refractivity contribution >= 4 is 22.6 Å². The summed E-state index contributed by atoms with van der Waals surface area (Å²) in [6.45, 7) is 9.66. The Kier molecular flexibility index (Phi) is 6.92. The van der Waals surface area contributed by atoms with E-state index in [0.717, 1.165) is 5.17 Å². The first-order chi connectivity index (χ1) is 11.5. The number of hydrogen-bond donors (Lipinski definition) is 1. The van der Waals surface area contributed by atoms with Crippen molar-refractivity contribution in [2.75, 3.05) is 11.6 Å². The standard InChI is InChI=1S/C21H28N2S/c1-15(2)18-12-9-13-19(16(3)4)20(18)23-21(24-5)22-14-17-10-7-6-8-11-17/h6-13,15-16H,14H2,1-5H3,(H,22,23). The lowest BCUT2D eigenvalue weighted by Crippen LogP contribution is -2.13. The quantitative estimate of drug-likeness (QED) is 0.513. The summed E-state index contributed by atoms with van der Waals surface area (Å²) < 4.78 is 0. The molecule has 3 heteroatoms. The fourth-order valence-electron chi connectivity index (χ4n) is 2.70. The molecule has 0 saturated carbocycles. The van der Waals surface area contributed by atoms with Gasteiger partial charge in [-0.2, -0.15) is 0 Å². The second-order valence-corrected chi connectivity index (χ2v) is 7.35. The topological polar surface area (TPSA) is 24.4 Å². The number of rotatable bonds is 5. The van der Waals surface area contributed by atoms with E-state index in [0.29, 0.717) is 18.4 Å². The van der Waals surface area contributed by atoms with Gasteiger partial charge in [0.1, 0.15) is 0 Å². The van der Waals surface area contributed by atoms with E-state index >= 15 is 0 Å². The predicted octanol–water partition coefficient (Wildman–Crippen LogP) is 6.26. The number of thioether (sulfide) groups is 1. The van der Waals surface area contributed by atoms with E-state index in [9.17, 15) is 0 Å². The zero-order valence-electron chi connectivity index (χ0n) is 15.3. The molecule has 0 radical (unpaired) electrons. The minimum Gasteiger partial charge on any atom is -0.335 e. The fraction of sp³-hybridized carbons (Fsp3) is 0.381. The van der Waals surface area contributed by atoms with Gasteiger partial charge in [0.25, 0.3) is 0 Å². The van der Waals surface area contributed by atoms with Crippen LogP contribution in [0.4, 0.5) is 5.69 Å². The number of anilines is 1. The van der Waals surface area contributed by atoms with Gasteiger partial charge in [0.05, 0.1) is 6.54 Å². The van der Waals surface area contributed by atoms with E-state index < -0.39 is 0 Å². The molecule has 0 aliphatic rings. The molecule has 0 bridgehead atoms. The predicted molar refractivity (Wildman–Crippen MR) is 109 cm³/mol. The molecule has 2 rings (SSSR count). The molecular formula is C21H28N2S. The molecule has 0 unspecified atom stereocenters. The molecule has 0 aliphatic heterocycles. The average Bonchev–Trinajstić information content (AvgIpc) is 2.59. The Morgan fingerprint density at radius 3 is 2.00 bits per heavy atom. The van der Waals surface area contributed by atoms with Crippen molar-refractivity contribution in [3.63, 3.8) is 0 Å². The van der Waals surface area contributed by atoms with Gasteiger partial charge in [0, 0.05) is 5.69 Å². The highest BCUT2D eigenvalue weighted by atomic mass is 32.2. The Hall–Kier alpha value is -1.74. The first kappa shape index (κ1) is 18.6. The minimum absolute atomic E-state index is 0.475. The van der Waals surface area contributed by atoms with Crippen LogP contribution in [0.3, 0.4) is 0 Å².